The maximum atomic E-state index is 10.7. The first-order valence-corrected chi connectivity index (χ1v) is 6.86. The fraction of sp³-hybridized carbons (Fsp3) is 0.250. The van der Waals surface area contributed by atoms with Crippen LogP contribution in [0.1, 0.15) is 5.56 Å². The molecule has 3 nitrogen and oxygen atoms in total. The average molecular weight is 252 g/mol. The highest BCUT2D eigenvalue weighted by molar-refractivity contribution is 8.11. The second-order valence-electron chi connectivity index (χ2n) is 2.81. The quantitative estimate of drug-likeness (QED) is 0.836. The second-order valence-corrected chi connectivity index (χ2v) is 6.18. The number of nitrogens with two attached hydrogens (primary N) is 1. The highest BCUT2D eigenvalue weighted by Gasteiger charge is 2.08. The first-order chi connectivity index (χ1) is 6.40. The van der Waals surface area contributed by atoms with Crippen LogP contribution >= 0.6 is 23.4 Å². The largest absolute Gasteiger partial charge is 0.228 e. The molecule has 0 aromatic heterocycles. The molecule has 0 saturated carbocycles. The highest BCUT2D eigenvalue weighted by Crippen LogP contribution is 2.30. The molecule has 0 bridgehead atoms. The van der Waals surface area contributed by atoms with Crippen molar-refractivity contribution in [1.29, 1.82) is 0 Å². The van der Waals surface area contributed by atoms with Gasteiger partial charge in [0.25, 0.3) is 0 Å². The molecule has 0 heterocycles. The second kappa shape index (κ2) is 4.53. The van der Waals surface area contributed by atoms with Gasteiger partial charge in [0.1, 0.15) is 5.08 Å². The summed E-state index contributed by atoms with van der Waals surface area (Å²) in [5, 5.41) is 5.29. The third kappa shape index (κ3) is 3.49. The fourth-order valence-corrected chi connectivity index (χ4v) is 2.96. The summed E-state index contributed by atoms with van der Waals surface area (Å²) in [6, 6.07) is 5.41. The van der Waals surface area contributed by atoms with Crippen LogP contribution in [0.15, 0.2) is 23.1 Å². The maximum Gasteiger partial charge on any atom is 0.218 e. The zero-order valence-corrected chi connectivity index (χ0v) is 9.92. The van der Waals surface area contributed by atoms with Crippen molar-refractivity contribution >= 4 is 33.4 Å². The van der Waals surface area contributed by atoms with Gasteiger partial charge >= 0.3 is 0 Å². The lowest BCUT2D eigenvalue weighted by Gasteiger charge is -2.06. The summed E-state index contributed by atoms with van der Waals surface area (Å²) >= 11 is 7.04. The number of sulfonamides is 1. The van der Waals surface area contributed by atoms with Crippen LogP contribution in [0.4, 0.5) is 0 Å². The van der Waals surface area contributed by atoms with Crippen LogP contribution in [-0.4, -0.2) is 13.5 Å². The molecule has 6 heteroatoms. The lowest BCUT2D eigenvalue weighted by molar-refractivity contribution is 0.602. The smallest absolute Gasteiger partial charge is 0.218 e. The molecule has 2 N–H and O–H groups in total. The van der Waals surface area contributed by atoms with Gasteiger partial charge in [-0.1, -0.05) is 23.7 Å². The van der Waals surface area contributed by atoms with Crippen molar-refractivity contribution < 1.29 is 8.42 Å². The predicted octanol–water partition coefficient (Wildman–Crippen LogP) is 1.99. The Balaban J connectivity index is 2.87. The number of rotatable bonds is 3. The van der Waals surface area contributed by atoms with Crippen LogP contribution in [0.5, 0.6) is 0 Å². The number of halogens is 1. The number of hydrogen-bond donors (Lipinski definition) is 1. The molecule has 0 atom stereocenters. The molecule has 0 unspecified atom stereocenters. The molecule has 78 valence electrons. The zero-order chi connectivity index (χ0) is 10.8. The van der Waals surface area contributed by atoms with E-state index in [0.29, 0.717) is 5.02 Å². The average Bonchev–Trinajstić information content (AvgIpc) is 2.01. The Morgan fingerprint density at radius 3 is 2.64 bits per heavy atom. The van der Waals surface area contributed by atoms with E-state index in [4.69, 9.17) is 16.7 Å². The van der Waals surface area contributed by atoms with E-state index < -0.39 is 10.0 Å². The molecule has 14 heavy (non-hydrogen) atoms. The molecule has 0 aliphatic rings. The summed E-state index contributed by atoms with van der Waals surface area (Å²) in [6.45, 7) is 1.87. The van der Waals surface area contributed by atoms with Crippen LogP contribution < -0.4 is 5.14 Å². The van der Waals surface area contributed by atoms with E-state index in [1.807, 2.05) is 19.1 Å². The standard InChI is InChI=1S/C8H10ClNO2S2/c1-6-3-2-4-7(9)8(6)13-5-14(10,11)12/h2-4H,5H2,1H3,(H2,10,11,12). The van der Waals surface area contributed by atoms with E-state index in [-0.39, 0.29) is 5.08 Å². The van der Waals surface area contributed by atoms with Gasteiger partial charge in [-0.05, 0) is 18.6 Å². The first kappa shape index (κ1) is 11.8. The predicted molar refractivity (Wildman–Crippen MR) is 60.0 cm³/mol. The summed E-state index contributed by atoms with van der Waals surface area (Å²) in [5.41, 5.74) is 0.950. The third-order valence-corrected chi connectivity index (χ3v) is 4.57. The van der Waals surface area contributed by atoms with Crippen molar-refractivity contribution in [2.45, 2.75) is 11.8 Å². The lowest BCUT2D eigenvalue weighted by atomic mass is 10.2. The van der Waals surface area contributed by atoms with Crippen LogP contribution in [-0.2, 0) is 10.0 Å². The van der Waals surface area contributed by atoms with Crippen LogP contribution in [0.3, 0.4) is 0 Å². The molecule has 0 radical (unpaired) electrons. The molecule has 1 aromatic rings. The Kier molecular flexibility index (Phi) is 3.83. The molecule has 1 aromatic carbocycles. The normalized spacial score (nSPS) is 11.6. The van der Waals surface area contributed by atoms with Gasteiger partial charge in [0.05, 0.1) is 5.02 Å². The van der Waals surface area contributed by atoms with Crippen molar-refractivity contribution in [3.05, 3.63) is 28.8 Å². The van der Waals surface area contributed by atoms with Gasteiger partial charge in [-0.2, -0.15) is 0 Å². The van der Waals surface area contributed by atoms with Crippen LogP contribution in [0.25, 0.3) is 0 Å². The Hall–Kier alpha value is -0.230. The van der Waals surface area contributed by atoms with Gasteiger partial charge in [0.2, 0.25) is 10.0 Å². The van der Waals surface area contributed by atoms with Gasteiger partial charge in [-0.25, -0.2) is 13.6 Å². The number of primary sulfonamides is 1. The molecule has 0 fully saturated rings. The Labute approximate surface area is 92.7 Å². The monoisotopic (exact) mass is 251 g/mol. The molecule has 0 amide bonds. The summed E-state index contributed by atoms with van der Waals surface area (Å²) in [5.74, 6) is 0. The van der Waals surface area contributed by atoms with Gasteiger partial charge < -0.3 is 0 Å². The van der Waals surface area contributed by atoms with Gasteiger partial charge in [-0.15, -0.1) is 11.8 Å². The summed E-state index contributed by atoms with van der Waals surface area (Å²) in [7, 11) is -3.45. The first-order valence-electron chi connectivity index (χ1n) is 3.78. The van der Waals surface area contributed by atoms with E-state index in [1.165, 1.54) is 0 Å². The SMILES string of the molecule is Cc1cccc(Cl)c1SCS(N)(=O)=O. The number of aryl methyl sites for hydroxylation is 1. The Morgan fingerprint density at radius 2 is 2.14 bits per heavy atom. The van der Waals surface area contributed by atoms with Gasteiger partial charge in [0, 0.05) is 4.90 Å². The van der Waals surface area contributed by atoms with Crippen molar-refractivity contribution in [2.75, 3.05) is 5.08 Å². The molecular weight excluding hydrogens is 242 g/mol. The minimum absolute atomic E-state index is 0.155. The van der Waals surface area contributed by atoms with E-state index >= 15 is 0 Å². The van der Waals surface area contributed by atoms with Crippen molar-refractivity contribution in [2.24, 2.45) is 5.14 Å². The molecule has 0 saturated heterocycles. The Bertz CT molecular complexity index is 411. The number of hydrogen-bond acceptors (Lipinski definition) is 3. The van der Waals surface area contributed by atoms with E-state index in [2.05, 4.69) is 0 Å². The van der Waals surface area contributed by atoms with Crippen molar-refractivity contribution in [1.82, 2.24) is 0 Å². The number of benzene rings is 1. The van der Waals surface area contributed by atoms with E-state index in [0.717, 1.165) is 22.2 Å². The fourth-order valence-electron chi connectivity index (χ4n) is 0.941. The molecule has 0 aliphatic heterocycles. The minimum atomic E-state index is -3.45. The molecule has 0 aliphatic carbocycles. The van der Waals surface area contributed by atoms with Crippen molar-refractivity contribution in [3.8, 4) is 0 Å². The topological polar surface area (TPSA) is 60.2 Å². The summed E-state index contributed by atoms with van der Waals surface area (Å²) in [6.07, 6.45) is 0. The van der Waals surface area contributed by atoms with Crippen molar-refractivity contribution in [3.63, 3.8) is 0 Å². The van der Waals surface area contributed by atoms with Gasteiger partial charge in [-0.3, -0.25) is 0 Å². The van der Waals surface area contributed by atoms with Crippen LogP contribution in [0, 0.1) is 6.92 Å². The zero-order valence-electron chi connectivity index (χ0n) is 7.53. The third-order valence-electron chi connectivity index (χ3n) is 1.53. The highest BCUT2D eigenvalue weighted by atomic mass is 35.5. The maximum absolute atomic E-state index is 10.7. The minimum Gasteiger partial charge on any atom is -0.228 e. The summed E-state index contributed by atoms with van der Waals surface area (Å²) < 4.78 is 21.5. The molecule has 1 rings (SSSR count). The van der Waals surface area contributed by atoms with E-state index in [1.54, 1.807) is 6.07 Å². The summed E-state index contributed by atoms with van der Waals surface area (Å²) in [4.78, 5) is 0.767. The number of thioether (sulfide) groups is 1. The molecular formula is C8H10ClNO2S2. The Morgan fingerprint density at radius 1 is 1.50 bits per heavy atom. The van der Waals surface area contributed by atoms with E-state index in [9.17, 15) is 8.42 Å². The lowest BCUT2D eigenvalue weighted by Crippen LogP contribution is -2.14. The molecule has 0 spiro atoms. The van der Waals surface area contributed by atoms with Gasteiger partial charge in [0.15, 0.2) is 0 Å². The van der Waals surface area contributed by atoms with Crippen LogP contribution in [0.2, 0.25) is 5.02 Å².